The van der Waals surface area contributed by atoms with Gasteiger partial charge in [0.25, 0.3) is 0 Å². The molecule has 0 aromatic carbocycles. The lowest BCUT2D eigenvalue weighted by atomic mass is 10.0. The van der Waals surface area contributed by atoms with E-state index in [0.717, 1.165) is 6.42 Å². The summed E-state index contributed by atoms with van der Waals surface area (Å²) < 4.78 is 26.1. The number of H-pyrrole nitrogens is 1. The van der Waals surface area contributed by atoms with Gasteiger partial charge in [0.05, 0.1) is 10.8 Å². The first-order chi connectivity index (χ1) is 7.75. The molecule has 0 saturated carbocycles. The average molecular weight is 279 g/mol. The van der Waals surface area contributed by atoms with Gasteiger partial charge in [0.15, 0.2) is 0 Å². The summed E-state index contributed by atoms with van der Waals surface area (Å²) in [5.41, 5.74) is 0.296. The predicted octanol–water partition coefficient (Wildman–Crippen LogP) is 2.56. The van der Waals surface area contributed by atoms with Crippen LogP contribution in [0.2, 0.25) is 0 Å². The van der Waals surface area contributed by atoms with Crippen LogP contribution < -0.4 is 0 Å². The topological polar surface area (TPSA) is 53.2 Å². The van der Waals surface area contributed by atoms with Gasteiger partial charge < -0.3 is 4.98 Å². The van der Waals surface area contributed by atoms with E-state index in [1.165, 1.54) is 10.5 Å². The molecule has 0 radical (unpaired) electrons. The quantitative estimate of drug-likeness (QED) is 0.842. The minimum absolute atomic E-state index is 0.261. The van der Waals surface area contributed by atoms with Crippen molar-refractivity contribution in [2.45, 2.75) is 43.5 Å². The van der Waals surface area contributed by atoms with Crippen LogP contribution in [-0.2, 0) is 15.9 Å². The molecule has 0 aliphatic carbocycles. The SMILES string of the molecule is CCC(C)(C)N(C)S(=O)(=O)c1c[nH]c(CCl)c1. The van der Waals surface area contributed by atoms with Crippen molar-refractivity contribution in [1.82, 2.24) is 9.29 Å². The summed E-state index contributed by atoms with van der Waals surface area (Å²) in [6.45, 7) is 5.77. The number of hydrogen-bond acceptors (Lipinski definition) is 2. The Morgan fingerprint density at radius 2 is 2.06 bits per heavy atom. The fourth-order valence-corrected chi connectivity index (χ4v) is 3.10. The third-order valence-electron chi connectivity index (χ3n) is 3.24. The molecule has 0 fully saturated rings. The zero-order chi connectivity index (χ0) is 13.3. The zero-order valence-corrected chi connectivity index (χ0v) is 12.2. The maximum absolute atomic E-state index is 12.3. The fourth-order valence-electron chi connectivity index (χ4n) is 1.35. The van der Waals surface area contributed by atoms with Gasteiger partial charge in [-0.1, -0.05) is 6.92 Å². The summed E-state index contributed by atoms with van der Waals surface area (Å²) in [6, 6.07) is 1.57. The van der Waals surface area contributed by atoms with Crippen LogP contribution in [0.15, 0.2) is 17.2 Å². The minimum atomic E-state index is -3.45. The Kier molecular flexibility index (Phi) is 4.28. The van der Waals surface area contributed by atoms with Gasteiger partial charge in [0.2, 0.25) is 10.0 Å². The Morgan fingerprint density at radius 3 is 2.47 bits per heavy atom. The number of halogens is 1. The lowest BCUT2D eigenvalue weighted by molar-refractivity contribution is 0.257. The van der Waals surface area contributed by atoms with Gasteiger partial charge in [-0.05, 0) is 26.3 Å². The Morgan fingerprint density at radius 1 is 1.47 bits per heavy atom. The van der Waals surface area contributed by atoms with Crippen LogP contribution in [0.3, 0.4) is 0 Å². The molecule has 0 unspecified atom stereocenters. The molecule has 17 heavy (non-hydrogen) atoms. The number of rotatable bonds is 5. The van der Waals surface area contributed by atoms with Gasteiger partial charge in [-0.15, -0.1) is 11.6 Å². The molecular formula is C11H19ClN2O2S. The van der Waals surface area contributed by atoms with Crippen LogP contribution in [0.1, 0.15) is 32.9 Å². The Labute approximate surface area is 108 Å². The molecule has 1 heterocycles. The van der Waals surface area contributed by atoms with Crippen LogP contribution in [0.4, 0.5) is 0 Å². The lowest BCUT2D eigenvalue weighted by Gasteiger charge is -2.33. The van der Waals surface area contributed by atoms with Crippen molar-refractivity contribution in [2.24, 2.45) is 0 Å². The van der Waals surface area contributed by atoms with Crippen molar-refractivity contribution in [1.29, 1.82) is 0 Å². The molecule has 0 spiro atoms. The van der Waals surface area contributed by atoms with E-state index in [0.29, 0.717) is 5.69 Å². The molecule has 0 amide bonds. The molecule has 4 nitrogen and oxygen atoms in total. The summed E-state index contributed by atoms with van der Waals surface area (Å²) in [4.78, 5) is 3.11. The predicted molar refractivity (Wildman–Crippen MR) is 69.7 cm³/mol. The first-order valence-electron chi connectivity index (χ1n) is 5.48. The fraction of sp³-hybridized carbons (Fsp3) is 0.636. The van der Waals surface area contributed by atoms with Gasteiger partial charge in [-0.25, -0.2) is 8.42 Å². The average Bonchev–Trinajstić information content (AvgIpc) is 2.77. The highest BCUT2D eigenvalue weighted by Crippen LogP contribution is 2.25. The monoisotopic (exact) mass is 278 g/mol. The van der Waals surface area contributed by atoms with Gasteiger partial charge in [-0.2, -0.15) is 4.31 Å². The number of hydrogen-bond donors (Lipinski definition) is 1. The van der Waals surface area contributed by atoms with Gasteiger partial charge >= 0.3 is 0 Å². The molecule has 0 aliphatic heterocycles. The Balaban J connectivity index is 3.11. The Bertz CT molecular complexity index is 479. The number of alkyl halides is 1. The summed E-state index contributed by atoms with van der Waals surface area (Å²) in [5, 5.41) is 0. The number of nitrogens with one attached hydrogen (secondary N) is 1. The highest BCUT2D eigenvalue weighted by Gasteiger charge is 2.33. The van der Waals surface area contributed by atoms with E-state index in [-0.39, 0.29) is 10.8 Å². The highest BCUT2D eigenvalue weighted by molar-refractivity contribution is 7.89. The molecule has 1 rings (SSSR count). The molecular weight excluding hydrogens is 260 g/mol. The van der Waals surface area contributed by atoms with E-state index in [1.807, 2.05) is 20.8 Å². The summed E-state index contributed by atoms with van der Waals surface area (Å²) in [6.07, 6.45) is 2.23. The zero-order valence-electron chi connectivity index (χ0n) is 10.6. The van der Waals surface area contributed by atoms with Crippen molar-refractivity contribution < 1.29 is 8.42 Å². The number of aromatic amines is 1. The van der Waals surface area contributed by atoms with E-state index in [2.05, 4.69) is 4.98 Å². The first-order valence-corrected chi connectivity index (χ1v) is 7.45. The van der Waals surface area contributed by atoms with Crippen LogP contribution in [0, 0.1) is 0 Å². The van der Waals surface area contributed by atoms with E-state index in [9.17, 15) is 8.42 Å². The molecule has 0 saturated heterocycles. The van der Waals surface area contributed by atoms with E-state index in [4.69, 9.17) is 11.6 Å². The first kappa shape index (κ1) is 14.5. The smallest absolute Gasteiger partial charge is 0.244 e. The van der Waals surface area contributed by atoms with Gasteiger partial charge in [0.1, 0.15) is 0 Å². The second-order valence-electron chi connectivity index (χ2n) is 4.63. The summed E-state index contributed by atoms with van der Waals surface area (Å²) in [5.74, 6) is 0.274. The van der Waals surface area contributed by atoms with Gasteiger partial charge in [0, 0.05) is 24.5 Å². The van der Waals surface area contributed by atoms with E-state index < -0.39 is 15.6 Å². The van der Waals surface area contributed by atoms with E-state index in [1.54, 1.807) is 13.1 Å². The number of aromatic nitrogens is 1. The number of sulfonamides is 1. The Hall–Kier alpha value is -0.520. The lowest BCUT2D eigenvalue weighted by Crippen LogP contribution is -2.44. The van der Waals surface area contributed by atoms with Crippen molar-refractivity contribution in [3.05, 3.63) is 18.0 Å². The maximum atomic E-state index is 12.3. The van der Waals surface area contributed by atoms with Crippen molar-refractivity contribution in [3.63, 3.8) is 0 Å². The van der Waals surface area contributed by atoms with Crippen molar-refractivity contribution >= 4 is 21.6 Å². The molecule has 6 heteroatoms. The molecule has 0 aliphatic rings. The van der Waals surface area contributed by atoms with Crippen molar-refractivity contribution in [2.75, 3.05) is 7.05 Å². The molecule has 1 aromatic heterocycles. The maximum Gasteiger partial charge on any atom is 0.244 e. The molecule has 1 aromatic rings. The highest BCUT2D eigenvalue weighted by atomic mass is 35.5. The third kappa shape index (κ3) is 2.84. The molecule has 1 N–H and O–H groups in total. The third-order valence-corrected chi connectivity index (χ3v) is 5.57. The second-order valence-corrected chi connectivity index (χ2v) is 6.87. The summed E-state index contributed by atoms with van der Waals surface area (Å²) in [7, 11) is -1.85. The van der Waals surface area contributed by atoms with Gasteiger partial charge in [-0.3, -0.25) is 0 Å². The second kappa shape index (κ2) is 5.00. The largest absolute Gasteiger partial charge is 0.363 e. The minimum Gasteiger partial charge on any atom is -0.363 e. The summed E-state index contributed by atoms with van der Waals surface area (Å²) >= 11 is 5.65. The van der Waals surface area contributed by atoms with Crippen LogP contribution in [0.25, 0.3) is 0 Å². The van der Waals surface area contributed by atoms with E-state index >= 15 is 0 Å². The van der Waals surface area contributed by atoms with Crippen LogP contribution >= 0.6 is 11.6 Å². The standard InChI is InChI=1S/C11H19ClN2O2S/c1-5-11(2,3)14(4)17(15,16)10-6-9(7-12)13-8-10/h6,8,13H,5,7H2,1-4H3. The van der Waals surface area contributed by atoms with Crippen molar-refractivity contribution in [3.8, 4) is 0 Å². The number of nitrogens with zero attached hydrogens (tertiary/aromatic N) is 1. The normalized spacial score (nSPS) is 13.3. The van der Waals surface area contributed by atoms with Crippen LogP contribution in [-0.4, -0.2) is 30.3 Å². The molecule has 98 valence electrons. The van der Waals surface area contributed by atoms with Crippen LogP contribution in [0.5, 0.6) is 0 Å². The molecule has 0 bridgehead atoms. The molecule has 0 atom stereocenters.